The number of hydrogen-bond donors (Lipinski definition) is 1. The predicted octanol–water partition coefficient (Wildman–Crippen LogP) is 2.61. The molecule has 0 aliphatic rings. The topological polar surface area (TPSA) is 53.1 Å². The summed E-state index contributed by atoms with van der Waals surface area (Å²) in [5.74, 6) is 0.785. The van der Waals surface area contributed by atoms with Gasteiger partial charge in [0.15, 0.2) is 5.75 Å². The average Bonchev–Trinajstić information content (AvgIpc) is 2.98. The fourth-order valence-electron chi connectivity index (χ4n) is 2.04. The fraction of sp³-hybridized carbons (Fsp3) is 0.462. The van der Waals surface area contributed by atoms with Crippen molar-refractivity contribution < 1.29 is 4.74 Å². The second kappa shape index (κ2) is 6.02. The quantitative estimate of drug-likeness (QED) is 0.873. The van der Waals surface area contributed by atoms with Gasteiger partial charge in [-0.25, -0.2) is 0 Å². The minimum Gasteiger partial charge on any atom is -0.493 e. The Morgan fingerprint density at radius 2 is 2.39 bits per heavy atom. The van der Waals surface area contributed by atoms with Crippen LogP contribution in [0, 0.1) is 0 Å². The van der Waals surface area contributed by atoms with Crippen LogP contribution in [0.25, 0.3) is 0 Å². The zero-order chi connectivity index (χ0) is 13.0. The highest BCUT2D eigenvalue weighted by Crippen LogP contribution is 2.27. The average molecular weight is 265 g/mol. The third-order valence-electron chi connectivity index (χ3n) is 2.85. The summed E-state index contributed by atoms with van der Waals surface area (Å²) < 4.78 is 7.31. The molecule has 0 aliphatic carbocycles. The summed E-state index contributed by atoms with van der Waals surface area (Å²) in [5, 5.41) is 6.41. The zero-order valence-corrected chi connectivity index (χ0v) is 11.6. The summed E-state index contributed by atoms with van der Waals surface area (Å²) in [6, 6.07) is 4.08. The van der Waals surface area contributed by atoms with Gasteiger partial charge in [-0.15, -0.1) is 11.3 Å². The Balaban J connectivity index is 2.21. The molecule has 2 N–H and O–H groups in total. The largest absolute Gasteiger partial charge is 0.493 e. The number of hydrogen-bond acceptors (Lipinski definition) is 4. The Bertz CT molecular complexity index is 478. The van der Waals surface area contributed by atoms with Crippen molar-refractivity contribution in [2.24, 2.45) is 5.73 Å². The van der Waals surface area contributed by atoms with E-state index in [0.29, 0.717) is 0 Å². The van der Waals surface area contributed by atoms with Crippen LogP contribution in [0.2, 0.25) is 0 Å². The fourth-order valence-corrected chi connectivity index (χ4v) is 2.81. The van der Waals surface area contributed by atoms with E-state index >= 15 is 0 Å². The van der Waals surface area contributed by atoms with E-state index in [1.165, 1.54) is 4.88 Å². The Morgan fingerprint density at radius 1 is 1.56 bits per heavy atom. The van der Waals surface area contributed by atoms with Crippen molar-refractivity contribution in [3.8, 4) is 5.75 Å². The van der Waals surface area contributed by atoms with Crippen molar-refractivity contribution in [2.45, 2.75) is 32.4 Å². The first kappa shape index (κ1) is 13.1. The molecular formula is C13H19N3OS. The van der Waals surface area contributed by atoms with Gasteiger partial charge < -0.3 is 10.5 Å². The van der Waals surface area contributed by atoms with Crippen LogP contribution in [0.15, 0.2) is 23.7 Å². The van der Waals surface area contributed by atoms with Crippen LogP contribution in [0.3, 0.4) is 0 Å². The van der Waals surface area contributed by atoms with Crippen molar-refractivity contribution in [3.05, 3.63) is 34.3 Å². The highest BCUT2D eigenvalue weighted by molar-refractivity contribution is 7.09. The van der Waals surface area contributed by atoms with Gasteiger partial charge in [-0.1, -0.05) is 13.0 Å². The maximum atomic E-state index is 6.30. The molecule has 2 aromatic rings. The molecule has 0 radical (unpaired) electrons. The molecular weight excluding hydrogens is 246 g/mol. The molecule has 5 heteroatoms. The number of aryl methyl sites for hydroxylation is 1. The van der Waals surface area contributed by atoms with E-state index in [1.807, 2.05) is 10.7 Å². The third-order valence-corrected chi connectivity index (χ3v) is 3.75. The third kappa shape index (κ3) is 2.73. The molecule has 1 atom stereocenters. The van der Waals surface area contributed by atoms with Crippen LogP contribution in [0.5, 0.6) is 5.75 Å². The van der Waals surface area contributed by atoms with E-state index in [-0.39, 0.29) is 6.04 Å². The molecule has 2 aromatic heterocycles. The molecule has 98 valence electrons. The summed E-state index contributed by atoms with van der Waals surface area (Å²) in [7, 11) is 1.66. The molecule has 0 amide bonds. The molecule has 0 aromatic carbocycles. The number of nitrogens with zero attached hydrogens (tertiary/aromatic N) is 2. The molecule has 2 rings (SSSR count). The summed E-state index contributed by atoms with van der Waals surface area (Å²) in [6.45, 7) is 3.00. The van der Waals surface area contributed by atoms with Gasteiger partial charge in [-0.05, 0) is 17.9 Å². The highest BCUT2D eigenvalue weighted by atomic mass is 32.1. The van der Waals surface area contributed by atoms with E-state index in [1.54, 1.807) is 24.6 Å². The molecule has 0 fully saturated rings. The number of rotatable bonds is 6. The zero-order valence-electron chi connectivity index (χ0n) is 10.8. The molecule has 1 unspecified atom stereocenters. The van der Waals surface area contributed by atoms with Gasteiger partial charge >= 0.3 is 0 Å². The molecule has 0 saturated heterocycles. The first-order valence-electron chi connectivity index (χ1n) is 6.14. The lowest BCUT2D eigenvalue weighted by Crippen LogP contribution is -2.19. The van der Waals surface area contributed by atoms with Crippen molar-refractivity contribution in [3.63, 3.8) is 0 Å². The van der Waals surface area contributed by atoms with Crippen LogP contribution < -0.4 is 10.5 Å². The molecule has 0 spiro atoms. The summed E-state index contributed by atoms with van der Waals surface area (Å²) in [6.07, 6.45) is 3.60. The number of nitrogens with two attached hydrogens (primary N) is 1. The minimum atomic E-state index is -0.0763. The van der Waals surface area contributed by atoms with Gasteiger partial charge in [-0.2, -0.15) is 5.10 Å². The molecule has 0 saturated carbocycles. The number of aromatic nitrogens is 2. The lowest BCUT2D eigenvalue weighted by Gasteiger charge is -2.14. The first-order chi connectivity index (χ1) is 8.76. The summed E-state index contributed by atoms with van der Waals surface area (Å²) >= 11 is 1.73. The lowest BCUT2D eigenvalue weighted by molar-refractivity contribution is 0.400. The van der Waals surface area contributed by atoms with Crippen LogP contribution in [-0.4, -0.2) is 16.9 Å². The van der Waals surface area contributed by atoms with Crippen molar-refractivity contribution >= 4 is 11.3 Å². The SMILES string of the molecule is CCCn1ncc(OC)c1C(N)Cc1cccs1. The molecule has 0 aliphatic heterocycles. The number of ether oxygens (including phenoxy) is 1. The van der Waals surface area contributed by atoms with Gasteiger partial charge in [0, 0.05) is 17.8 Å². The van der Waals surface area contributed by atoms with Gasteiger partial charge in [-0.3, -0.25) is 4.68 Å². The Kier molecular flexibility index (Phi) is 4.38. The van der Waals surface area contributed by atoms with E-state index in [9.17, 15) is 0 Å². The highest BCUT2D eigenvalue weighted by Gasteiger charge is 2.19. The van der Waals surface area contributed by atoms with E-state index in [2.05, 4.69) is 23.5 Å². The first-order valence-corrected chi connectivity index (χ1v) is 7.01. The molecule has 2 heterocycles. The van der Waals surface area contributed by atoms with Crippen LogP contribution in [0.1, 0.15) is 30.0 Å². The molecule has 18 heavy (non-hydrogen) atoms. The van der Waals surface area contributed by atoms with Crippen molar-refractivity contribution in [1.29, 1.82) is 0 Å². The maximum absolute atomic E-state index is 6.30. The van der Waals surface area contributed by atoms with Gasteiger partial charge in [0.25, 0.3) is 0 Å². The van der Waals surface area contributed by atoms with Crippen molar-refractivity contribution in [2.75, 3.05) is 7.11 Å². The Labute approximate surface area is 111 Å². The van der Waals surface area contributed by atoms with Gasteiger partial charge in [0.05, 0.1) is 25.0 Å². The Hall–Kier alpha value is -1.33. The standard InChI is InChI=1S/C13H19N3OS/c1-3-6-16-13(12(17-2)9-15-16)11(14)8-10-5-4-7-18-10/h4-5,7,9,11H,3,6,8,14H2,1-2H3. The molecule has 4 nitrogen and oxygen atoms in total. The van der Waals surface area contributed by atoms with Crippen LogP contribution in [-0.2, 0) is 13.0 Å². The van der Waals surface area contributed by atoms with E-state index in [0.717, 1.165) is 30.8 Å². The lowest BCUT2D eigenvalue weighted by atomic mass is 10.1. The molecule has 0 bridgehead atoms. The van der Waals surface area contributed by atoms with Gasteiger partial charge in [0.2, 0.25) is 0 Å². The smallest absolute Gasteiger partial charge is 0.161 e. The second-order valence-electron chi connectivity index (χ2n) is 4.21. The van der Waals surface area contributed by atoms with E-state index < -0.39 is 0 Å². The second-order valence-corrected chi connectivity index (χ2v) is 5.24. The van der Waals surface area contributed by atoms with E-state index in [4.69, 9.17) is 10.5 Å². The normalized spacial score (nSPS) is 12.6. The van der Waals surface area contributed by atoms with Crippen LogP contribution in [0.4, 0.5) is 0 Å². The number of thiophene rings is 1. The predicted molar refractivity (Wildman–Crippen MR) is 74.0 cm³/mol. The summed E-state index contributed by atoms with van der Waals surface area (Å²) in [5.41, 5.74) is 7.30. The Morgan fingerprint density at radius 3 is 3.00 bits per heavy atom. The monoisotopic (exact) mass is 265 g/mol. The number of methoxy groups -OCH3 is 1. The van der Waals surface area contributed by atoms with Crippen LogP contribution >= 0.6 is 11.3 Å². The van der Waals surface area contributed by atoms with Gasteiger partial charge in [0.1, 0.15) is 0 Å². The summed E-state index contributed by atoms with van der Waals surface area (Å²) in [4.78, 5) is 1.29. The minimum absolute atomic E-state index is 0.0763. The van der Waals surface area contributed by atoms with Crippen molar-refractivity contribution in [1.82, 2.24) is 9.78 Å². The maximum Gasteiger partial charge on any atom is 0.161 e.